The molecule has 34 heavy (non-hydrogen) atoms. The molecule has 0 unspecified atom stereocenters. The number of nitrogens with zero attached hydrogens (tertiary/aromatic N) is 6. The minimum absolute atomic E-state index is 0.120. The van der Waals surface area contributed by atoms with Gasteiger partial charge in [0.1, 0.15) is 0 Å². The van der Waals surface area contributed by atoms with E-state index in [1.807, 2.05) is 84.9 Å². The molecule has 0 aliphatic carbocycles. The maximum atomic E-state index is 5.92. The van der Waals surface area contributed by atoms with Gasteiger partial charge in [-0.25, -0.2) is 0 Å². The third-order valence-corrected chi connectivity index (χ3v) is 4.77. The Morgan fingerprint density at radius 3 is 1.21 bits per heavy atom. The Labute approximate surface area is 195 Å². The lowest BCUT2D eigenvalue weighted by Crippen LogP contribution is -2.05. The number of hydrogen-bond acceptors (Lipinski definition) is 10. The van der Waals surface area contributed by atoms with Crippen LogP contribution in [0.25, 0.3) is 22.8 Å². The zero-order valence-corrected chi connectivity index (χ0v) is 17.9. The quantitative estimate of drug-likeness (QED) is 0.299. The van der Waals surface area contributed by atoms with Gasteiger partial charge in [-0.2, -0.15) is 29.9 Å². The monoisotopic (exact) mass is 448 g/mol. The predicted octanol–water partition coefficient (Wildman–Crippen LogP) is 4.04. The Kier molecular flexibility index (Phi) is 5.60. The standard InChI is InChI=1S/C24H20N10/c25-21-29-19(31-23(33-21)27-17-7-3-1-4-8-17)15-11-13-16(14-12-15)20-30-22(26)34-24(32-20)28-18-9-5-2-6-10-18/h1-14H,(H3,25,27,29,31,33)(H3,26,28,30,32,34). The second-order valence-corrected chi connectivity index (χ2v) is 7.24. The number of rotatable bonds is 6. The van der Waals surface area contributed by atoms with Crippen molar-refractivity contribution in [1.82, 2.24) is 29.9 Å². The molecule has 166 valence electrons. The number of anilines is 6. The maximum Gasteiger partial charge on any atom is 0.232 e. The van der Waals surface area contributed by atoms with E-state index in [0.717, 1.165) is 22.5 Å². The van der Waals surface area contributed by atoms with Gasteiger partial charge in [-0.1, -0.05) is 60.7 Å². The van der Waals surface area contributed by atoms with E-state index in [1.165, 1.54) is 0 Å². The summed E-state index contributed by atoms with van der Waals surface area (Å²) in [4.78, 5) is 25.9. The first kappa shape index (κ1) is 20.8. The van der Waals surface area contributed by atoms with Gasteiger partial charge in [0, 0.05) is 22.5 Å². The largest absolute Gasteiger partial charge is 0.368 e. The third-order valence-electron chi connectivity index (χ3n) is 4.77. The molecule has 0 amide bonds. The van der Waals surface area contributed by atoms with Crippen molar-refractivity contribution in [3.05, 3.63) is 84.9 Å². The summed E-state index contributed by atoms with van der Waals surface area (Å²) in [7, 11) is 0. The van der Waals surface area contributed by atoms with Crippen LogP contribution in [0.3, 0.4) is 0 Å². The Hall–Kier alpha value is -5.12. The molecule has 0 aliphatic rings. The van der Waals surface area contributed by atoms with E-state index in [1.54, 1.807) is 0 Å². The average molecular weight is 448 g/mol. The smallest absolute Gasteiger partial charge is 0.232 e. The van der Waals surface area contributed by atoms with Gasteiger partial charge in [-0.3, -0.25) is 0 Å². The summed E-state index contributed by atoms with van der Waals surface area (Å²) >= 11 is 0. The van der Waals surface area contributed by atoms with E-state index in [9.17, 15) is 0 Å². The van der Waals surface area contributed by atoms with Crippen molar-refractivity contribution >= 4 is 35.2 Å². The summed E-state index contributed by atoms with van der Waals surface area (Å²) in [6, 6.07) is 26.6. The number of para-hydroxylation sites is 2. The predicted molar refractivity (Wildman–Crippen MR) is 132 cm³/mol. The second-order valence-electron chi connectivity index (χ2n) is 7.24. The second kappa shape index (κ2) is 9.17. The zero-order chi connectivity index (χ0) is 23.3. The molecule has 3 aromatic carbocycles. The van der Waals surface area contributed by atoms with Gasteiger partial charge in [0.25, 0.3) is 0 Å². The normalized spacial score (nSPS) is 10.6. The van der Waals surface area contributed by atoms with Crippen LogP contribution in [0.4, 0.5) is 35.2 Å². The zero-order valence-electron chi connectivity index (χ0n) is 17.9. The number of nitrogens with two attached hydrogens (primary N) is 2. The lowest BCUT2D eigenvalue weighted by atomic mass is 10.1. The average Bonchev–Trinajstić information content (AvgIpc) is 2.85. The summed E-state index contributed by atoms with van der Waals surface area (Å²) in [5, 5.41) is 6.27. The van der Waals surface area contributed by atoms with Crippen molar-refractivity contribution in [3.8, 4) is 22.8 Å². The van der Waals surface area contributed by atoms with Gasteiger partial charge in [-0.05, 0) is 24.3 Å². The van der Waals surface area contributed by atoms with Crippen LogP contribution in [0.15, 0.2) is 84.9 Å². The SMILES string of the molecule is Nc1nc(Nc2ccccc2)nc(-c2ccc(-c3nc(N)nc(Nc4ccccc4)n3)cc2)n1. The molecule has 5 aromatic rings. The van der Waals surface area contributed by atoms with Crippen LogP contribution in [0.1, 0.15) is 0 Å². The van der Waals surface area contributed by atoms with Crippen molar-refractivity contribution in [1.29, 1.82) is 0 Å². The molecular weight excluding hydrogens is 428 g/mol. The minimum Gasteiger partial charge on any atom is -0.368 e. The maximum absolute atomic E-state index is 5.92. The van der Waals surface area contributed by atoms with Crippen LogP contribution in [0, 0.1) is 0 Å². The Balaban J connectivity index is 1.40. The van der Waals surface area contributed by atoms with E-state index < -0.39 is 0 Å². The van der Waals surface area contributed by atoms with Crippen molar-refractivity contribution in [2.24, 2.45) is 0 Å². The number of aromatic nitrogens is 6. The van der Waals surface area contributed by atoms with Crippen LogP contribution < -0.4 is 22.1 Å². The lowest BCUT2D eigenvalue weighted by molar-refractivity contribution is 1.07. The molecule has 0 saturated carbocycles. The van der Waals surface area contributed by atoms with E-state index >= 15 is 0 Å². The summed E-state index contributed by atoms with van der Waals surface area (Å²) in [6.45, 7) is 0. The molecule has 0 atom stereocenters. The molecule has 0 fully saturated rings. The molecule has 0 spiro atoms. The van der Waals surface area contributed by atoms with Crippen molar-refractivity contribution in [3.63, 3.8) is 0 Å². The van der Waals surface area contributed by atoms with Crippen molar-refractivity contribution in [2.45, 2.75) is 0 Å². The number of benzene rings is 3. The summed E-state index contributed by atoms with van der Waals surface area (Å²) in [5.74, 6) is 1.85. The molecule has 2 heterocycles. The van der Waals surface area contributed by atoms with Gasteiger partial charge in [0.05, 0.1) is 0 Å². The van der Waals surface area contributed by atoms with Crippen molar-refractivity contribution < 1.29 is 0 Å². The van der Waals surface area contributed by atoms with Gasteiger partial charge < -0.3 is 22.1 Å². The molecule has 0 aliphatic heterocycles. The van der Waals surface area contributed by atoms with Crippen molar-refractivity contribution in [2.75, 3.05) is 22.1 Å². The molecule has 0 radical (unpaired) electrons. The van der Waals surface area contributed by atoms with Crippen LogP contribution in [-0.4, -0.2) is 29.9 Å². The molecular formula is C24H20N10. The lowest BCUT2D eigenvalue weighted by Gasteiger charge is -2.09. The minimum atomic E-state index is 0.120. The van der Waals surface area contributed by atoms with E-state index in [2.05, 4.69) is 40.5 Å². The van der Waals surface area contributed by atoms with Gasteiger partial charge in [0.15, 0.2) is 11.6 Å². The number of hydrogen-bond donors (Lipinski definition) is 4. The molecule has 6 N–H and O–H groups in total. The number of nitrogens with one attached hydrogen (secondary N) is 2. The van der Waals surface area contributed by atoms with E-state index in [-0.39, 0.29) is 11.9 Å². The summed E-state index contributed by atoms with van der Waals surface area (Å²) < 4.78 is 0. The molecule has 0 saturated heterocycles. The van der Waals surface area contributed by atoms with E-state index in [0.29, 0.717) is 23.5 Å². The van der Waals surface area contributed by atoms with E-state index in [4.69, 9.17) is 11.5 Å². The summed E-state index contributed by atoms with van der Waals surface area (Å²) in [5.41, 5.74) is 15.1. The first-order valence-corrected chi connectivity index (χ1v) is 10.4. The Bertz CT molecular complexity index is 1300. The molecule has 0 bridgehead atoms. The van der Waals surface area contributed by atoms with Gasteiger partial charge in [-0.15, -0.1) is 0 Å². The highest BCUT2D eigenvalue weighted by molar-refractivity contribution is 5.66. The third kappa shape index (κ3) is 4.86. The van der Waals surface area contributed by atoms with Gasteiger partial charge in [0.2, 0.25) is 23.8 Å². The fourth-order valence-electron chi connectivity index (χ4n) is 3.22. The van der Waals surface area contributed by atoms with Crippen LogP contribution in [0.5, 0.6) is 0 Å². The van der Waals surface area contributed by atoms with Crippen LogP contribution in [0.2, 0.25) is 0 Å². The fraction of sp³-hybridized carbons (Fsp3) is 0. The highest BCUT2D eigenvalue weighted by Crippen LogP contribution is 2.24. The molecule has 2 aromatic heterocycles. The fourth-order valence-corrected chi connectivity index (χ4v) is 3.22. The molecule has 10 heteroatoms. The topological polar surface area (TPSA) is 153 Å². The van der Waals surface area contributed by atoms with Gasteiger partial charge >= 0.3 is 0 Å². The highest BCUT2D eigenvalue weighted by Gasteiger charge is 2.11. The van der Waals surface area contributed by atoms with Crippen LogP contribution >= 0.6 is 0 Å². The Morgan fingerprint density at radius 2 is 0.824 bits per heavy atom. The number of nitrogen functional groups attached to an aromatic ring is 2. The van der Waals surface area contributed by atoms with Crippen LogP contribution in [-0.2, 0) is 0 Å². The first-order chi connectivity index (χ1) is 16.6. The first-order valence-electron chi connectivity index (χ1n) is 10.4. The molecule has 5 rings (SSSR count). The summed E-state index contributed by atoms with van der Waals surface area (Å²) in [6.07, 6.45) is 0. The molecule has 10 nitrogen and oxygen atoms in total. The Morgan fingerprint density at radius 1 is 0.441 bits per heavy atom. The highest BCUT2D eigenvalue weighted by atomic mass is 15.2.